The van der Waals surface area contributed by atoms with Gasteiger partial charge in [-0.2, -0.15) is 11.8 Å². The fourth-order valence-electron chi connectivity index (χ4n) is 1.75. The van der Waals surface area contributed by atoms with E-state index in [1.165, 1.54) is 0 Å². The Morgan fingerprint density at radius 2 is 2.31 bits per heavy atom. The monoisotopic (exact) mass is 201 g/mol. The van der Waals surface area contributed by atoms with E-state index < -0.39 is 0 Å². The van der Waals surface area contributed by atoms with Crippen molar-refractivity contribution >= 4 is 17.7 Å². The summed E-state index contributed by atoms with van der Waals surface area (Å²) >= 11 is 1.89. The van der Waals surface area contributed by atoms with E-state index >= 15 is 0 Å². The zero-order valence-electron chi connectivity index (χ0n) is 7.86. The highest BCUT2D eigenvalue weighted by Crippen LogP contribution is 2.27. The van der Waals surface area contributed by atoms with Crippen LogP contribution in [-0.4, -0.2) is 48.6 Å². The fourth-order valence-corrected chi connectivity index (χ4v) is 2.97. The van der Waals surface area contributed by atoms with Gasteiger partial charge in [-0.1, -0.05) is 0 Å². The van der Waals surface area contributed by atoms with Gasteiger partial charge in [-0.15, -0.1) is 0 Å². The standard InChI is InChI=1S/C9H15NO2S/c1-12-8-4-10(5-8)9(11)7-2-3-13-6-7/h7-8H,2-6H2,1H3. The van der Waals surface area contributed by atoms with E-state index in [9.17, 15) is 4.79 Å². The molecule has 2 aliphatic heterocycles. The Hall–Kier alpha value is -0.220. The molecule has 0 aliphatic carbocycles. The van der Waals surface area contributed by atoms with E-state index in [1.807, 2.05) is 16.7 Å². The van der Waals surface area contributed by atoms with Crippen LogP contribution in [0.5, 0.6) is 0 Å². The molecule has 0 spiro atoms. The quantitative estimate of drug-likeness (QED) is 0.655. The molecular weight excluding hydrogens is 186 g/mol. The first-order chi connectivity index (χ1) is 6.31. The summed E-state index contributed by atoms with van der Waals surface area (Å²) in [5.74, 6) is 2.81. The van der Waals surface area contributed by atoms with Crippen molar-refractivity contribution < 1.29 is 9.53 Å². The molecule has 13 heavy (non-hydrogen) atoms. The van der Waals surface area contributed by atoms with Gasteiger partial charge in [0.25, 0.3) is 0 Å². The molecule has 2 rings (SSSR count). The van der Waals surface area contributed by atoms with Crippen LogP contribution in [-0.2, 0) is 9.53 Å². The number of carbonyl (C=O) groups is 1. The van der Waals surface area contributed by atoms with Gasteiger partial charge in [0, 0.05) is 31.9 Å². The molecule has 4 heteroatoms. The third-order valence-corrected chi connectivity index (χ3v) is 3.93. The molecule has 0 bridgehead atoms. The van der Waals surface area contributed by atoms with Crippen molar-refractivity contribution in [1.29, 1.82) is 0 Å². The molecule has 0 N–H and O–H groups in total. The number of thioether (sulfide) groups is 1. The van der Waals surface area contributed by atoms with Gasteiger partial charge in [0.15, 0.2) is 0 Å². The first-order valence-electron chi connectivity index (χ1n) is 4.70. The molecule has 2 saturated heterocycles. The minimum absolute atomic E-state index is 0.290. The normalized spacial score (nSPS) is 29.0. The van der Waals surface area contributed by atoms with Gasteiger partial charge in [0.1, 0.15) is 0 Å². The Kier molecular flexibility index (Phi) is 2.79. The highest BCUT2D eigenvalue weighted by molar-refractivity contribution is 7.99. The predicted molar refractivity (Wildman–Crippen MR) is 52.8 cm³/mol. The first-order valence-corrected chi connectivity index (χ1v) is 5.86. The highest BCUT2D eigenvalue weighted by Gasteiger charge is 2.35. The molecule has 1 atom stereocenters. The molecular formula is C9H15NO2S. The topological polar surface area (TPSA) is 29.5 Å². The van der Waals surface area contributed by atoms with E-state index in [4.69, 9.17) is 4.74 Å². The zero-order valence-corrected chi connectivity index (χ0v) is 8.68. The number of likely N-dealkylation sites (tertiary alicyclic amines) is 1. The summed E-state index contributed by atoms with van der Waals surface area (Å²) in [5, 5.41) is 0. The second-order valence-corrected chi connectivity index (χ2v) is 4.81. The third kappa shape index (κ3) is 1.83. The van der Waals surface area contributed by atoms with Gasteiger partial charge in [0.05, 0.1) is 6.10 Å². The molecule has 1 amide bonds. The summed E-state index contributed by atoms with van der Waals surface area (Å²) in [6, 6.07) is 0. The molecule has 0 radical (unpaired) electrons. The second kappa shape index (κ2) is 3.88. The maximum absolute atomic E-state index is 11.7. The van der Waals surface area contributed by atoms with Crippen molar-refractivity contribution in [3.05, 3.63) is 0 Å². The van der Waals surface area contributed by atoms with E-state index in [-0.39, 0.29) is 6.10 Å². The molecule has 2 aliphatic rings. The summed E-state index contributed by atoms with van der Waals surface area (Å²) in [6.45, 7) is 1.60. The Balaban J connectivity index is 1.78. The van der Waals surface area contributed by atoms with Crippen LogP contribution < -0.4 is 0 Å². The number of nitrogens with zero attached hydrogens (tertiary/aromatic N) is 1. The summed E-state index contributed by atoms with van der Waals surface area (Å²) in [5.41, 5.74) is 0. The van der Waals surface area contributed by atoms with Gasteiger partial charge in [0.2, 0.25) is 5.91 Å². The predicted octanol–water partition coefficient (Wildman–Crippen LogP) is 0.597. The fraction of sp³-hybridized carbons (Fsp3) is 0.889. The van der Waals surface area contributed by atoms with Crippen LogP contribution in [0.2, 0.25) is 0 Å². The minimum Gasteiger partial charge on any atom is -0.378 e. The molecule has 0 saturated carbocycles. The molecule has 3 nitrogen and oxygen atoms in total. The molecule has 0 aromatic rings. The SMILES string of the molecule is COC1CN(C(=O)C2CCSC2)C1. The number of hydrogen-bond donors (Lipinski definition) is 0. The minimum atomic E-state index is 0.290. The molecule has 0 aromatic carbocycles. The lowest BCUT2D eigenvalue weighted by molar-refractivity contribution is -0.146. The number of rotatable bonds is 2. The number of carbonyl (C=O) groups excluding carboxylic acids is 1. The summed E-state index contributed by atoms with van der Waals surface area (Å²) in [4.78, 5) is 13.7. The zero-order chi connectivity index (χ0) is 9.26. The van der Waals surface area contributed by atoms with Crippen molar-refractivity contribution in [2.45, 2.75) is 12.5 Å². The maximum Gasteiger partial charge on any atom is 0.226 e. The largest absolute Gasteiger partial charge is 0.378 e. The van der Waals surface area contributed by atoms with Crippen LogP contribution in [0, 0.1) is 5.92 Å². The van der Waals surface area contributed by atoms with Crippen LogP contribution in [0.25, 0.3) is 0 Å². The van der Waals surface area contributed by atoms with Gasteiger partial charge in [-0.05, 0) is 12.2 Å². The summed E-state index contributed by atoms with van der Waals surface area (Å²) < 4.78 is 5.13. The molecule has 74 valence electrons. The average molecular weight is 201 g/mol. The number of amides is 1. The van der Waals surface area contributed by atoms with E-state index in [0.29, 0.717) is 11.8 Å². The summed E-state index contributed by atoms with van der Waals surface area (Å²) in [7, 11) is 1.71. The van der Waals surface area contributed by atoms with Crippen LogP contribution in [0.1, 0.15) is 6.42 Å². The van der Waals surface area contributed by atoms with Crippen molar-refractivity contribution in [2.24, 2.45) is 5.92 Å². The van der Waals surface area contributed by atoms with E-state index in [1.54, 1.807) is 7.11 Å². The maximum atomic E-state index is 11.7. The lowest BCUT2D eigenvalue weighted by atomic mass is 10.0. The van der Waals surface area contributed by atoms with Gasteiger partial charge >= 0.3 is 0 Å². The van der Waals surface area contributed by atoms with Crippen molar-refractivity contribution in [3.63, 3.8) is 0 Å². The third-order valence-electron chi connectivity index (χ3n) is 2.77. The Bertz CT molecular complexity index is 198. The molecule has 2 fully saturated rings. The molecule has 0 aromatic heterocycles. The van der Waals surface area contributed by atoms with Crippen molar-refractivity contribution in [2.75, 3.05) is 31.7 Å². The average Bonchev–Trinajstić information content (AvgIpc) is 2.53. The van der Waals surface area contributed by atoms with Crippen LogP contribution in [0.15, 0.2) is 0 Å². The second-order valence-electron chi connectivity index (χ2n) is 3.66. The number of ether oxygens (including phenoxy) is 1. The van der Waals surface area contributed by atoms with Gasteiger partial charge in [-0.3, -0.25) is 4.79 Å². The van der Waals surface area contributed by atoms with Crippen LogP contribution >= 0.6 is 11.8 Å². The van der Waals surface area contributed by atoms with Crippen molar-refractivity contribution in [3.8, 4) is 0 Å². The van der Waals surface area contributed by atoms with E-state index in [0.717, 1.165) is 31.0 Å². The van der Waals surface area contributed by atoms with E-state index in [2.05, 4.69) is 0 Å². The van der Waals surface area contributed by atoms with Gasteiger partial charge in [-0.25, -0.2) is 0 Å². The molecule has 2 heterocycles. The van der Waals surface area contributed by atoms with Crippen molar-refractivity contribution in [1.82, 2.24) is 4.90 Å². The Labute approximate surface area is 82.8 Å². The van der Waals surface area contributed by atoms with Gasteiger partial charge < -0.3 is 9.64 Å². The lowest BCUT2D eigenvalue weighted by Crippen LogP contribution is -2.56. The smallest absolute Gasteiger partial charge is 0.226 e. The number of hydrogen-bond acceptors (Lipinski definition) is 3. The Morgan fingerprint density at radius 3 is 2.85 bits per heavy atom. The lowest BCUT2D eigenvalue weighted by Gasteiger charge is -2.39. The summed E-state index contributed by atoms with van der Waals surface area (Å²) in [6.07, 6.45) is 1.36. The molecule has 1 unspecified atom stereocenters. The van der Waals surface area contributed by atoms with Crippen LogP contribution in [0.3, 0.4) is 0 Å². The highest BCUT2D eigenvalue weighted by atomic mass is 32.2. The first kappa shape index (κ1) is 9.34. The Morgan fingerprint density at radius 1 is 1.54 bits per heavy atom. The van der Waals surface area contributed by atoms with Crippen LogP contribution in [0.4, 0.5) is 0 Å². The number of methoxy groups -OCH3 is 1.